The Balaban J connectivity index is 1.85. The Labute approximate surface area is 132 Å². The standard InChI is InChI=1S/C18H24N2O2/c1-3-17(21)19-12-14-6-8-15(9-7-14)18(22)20-16-10-4-13(2)5-11-16/h3,6-9,13,16H,1,4-5,10-12H2,2H3,(H,19,21)(H,20,22). The zero-order valence-electron chi connectivity index (χ0n) is 13.1. The van der Waals surface area contributed by atoms with Crippen molar-refractivity contribution < 1.29 is 9.59 Å². The molecule has 1 aromatic rings. The van der Waals surface area contributed by atoms with E-state index in [0.717, 1.165) is 24.3 Å². The molecule has 0 heterocycles. The monoisotopic (exact) mass is 300 g/mol. The molecule has 2 N–H and O–H groups in total. The highest BCUT2D eigenvalue weighted by Crippen LogP contribution is 2.23. The van der Waals surface area contributed by atoms with Gasteiger partial charge >= 0.3 is 0 Å². The largest absolute Gasteiger partial charge is 0.349 e. The molecular formula is C18H24N2O2. The zero-order valence-corrected chi connectivity index (χ0v) is 13.1. The summed E-state index contributed by atoms with van der Waals surface area (Å²) in [5.74, 6) is 0.563. The fraction of sp³-hybridized carbons (Fsp3) is 0.444. The summed E-state index contributed by atoms with van der Waals surface area (Å²) in [4.78, 5) is 23.3. The van der Waals surface area contributed by atoms with Crippen LogP contribution in [0.4, 0.5) is 0 Å². The number of benzene rings is 1. The van der Waals surface area contributed by atoms with Crippen molar-refractivity contribution in [1.29, 1.82) is 0 Å². The van der Waals surface area contributed by atoms with E-state index in [4.69, 9.17) is 0 Å². The SMILES string of the molecule is C=CC(=O)NCc1ccc(C(=O)NC2CCC(C)CC2)cc1. The molecular weight excluding hydrogens is 276 g/mol. The van der Waals surface area contributed by atoms with Gasteiger partial charge in [0.05, 0.1) is 0 Å². The Bertz CT molecular complexity index is 529. The molecule has 0 aromatic heterocycles. The molecule has 1 fully saturated rings. The molecule has 2 rings (SSSR count). The van der Waals surface area contributed by atoms with Crippen LogP contribution in [0, 0.1) is 5.92 Å². The van der Waals surface area contributed by atoms with E-state index in [1.807, 2.05) is 12.1 Å². The van der Waals surface area contributed by atoms with Crippen LogP contribution in [0.3, 0.4) is 0 Å². The van der Waals surface area contributed by atoms with Crippen molar-refractivity contribution in [2.75, 3.05) is 0 Å². The molecule has 0 atom stereocenters. The summed E-state index contributed by atoms with van der Waals surface area (Å²) in [6.45, 7) is 6.11. The molecule has 0 bridgehead atoms. The van der Waals surface area contributed by atoms with Gasteiger partial charge in [0, 0.05) is 18.2 Å². The highest BCUT2D eigenvalue weighted by atomic mass is 16.2. The summed E-state index contributed by atoms with van der Waals surface area (Å²) < 4.78 is 0. The van der Waals surface area contributed by atoms with E-state index < -0.39 is 0 Å². The van der Waals surface area contributed by atoms with E-state index in [2.05, 4.69) is 24.1 Å². The van der Waals surface area contributed by atoms with Crippen LogP contribution >= 0.6 is 0 Å². The number of nitrogens with one attached hydrogen (secondary N) is 2. The van der Waals surface area contributed by atoms with Gasteiger partial charge in [-0.25, -0.2) is 0 Å². The minimum Gasteiger partial charge on any atom is -0.349 e. The first-order valence-corrected chi connectivity index (χ1v) is 7.88. The molecule has 4 nitrogen and oxygen atoms in total. The molecule has 4 heteroatoms. The predicted octanol–water partition coefficient (Wildman–Crippen LogP) is 2.80. The second kappa shape index (κ2) is 7.78. The van der Waals surface area contributed by atoms with Crippen molar-refractivity contribution >= 4 is 11.8 Å². The summed E-state index contributed by atoms with van der Waals surface area (Å²) in [6.07, 6.45) is 5.75. The van der Waals surface area contributed by atoms with Crippen LogP contribution in [-0.4, -0.2) is 17.9 Å². The molecule has 1 aliphatic rings. The van der Waals surface area contributed by atoms with Crippen molar-refractivity contribution in [3.63, 3.8) is 0 Å². The van der Waals surface area contributed by atoms with E-state index in [0.29, 0.717) is 18.2 Å². The maximum atomic E-state index is 12.2. The van der Waals surface area contributed by atoms with Gasteiger partial charge < -0.3 is 10.6 Å². The highest BCUT2D eigenvalue weighted by Gasteiger charge is 2.20. The minimum absolute atomic E-state index is 0.0127. The van der Waals surface area contributed by atoms with Crippen molar-refractivity contribution in [2.45, 2.75) is 45.2 Å². The summed E-state index contributed by atoms with van der Waals surface area (Å²) >= 11 is 0. The maximum Gasteiger partial charge on any atom is 0.251 e. The van der Waals surface area contributed by atoms with Crippen LogP contribution < -0.4 is 10.6 Å². The Morgan fingerprint density at radius 1 is 1.18 bits per heavy atom. The van der Waals surface area contributed by atoms with Gasteiger partial charge in [-0.15, -0.1) is 0 Å². The van der Waals surface area contributed by atoms with E-state index in [1.54, 1.807) is 12.1 Å². The quantitative estimate of drug-likeness (QED) is 0.822. The summed E-state index contributed by atoms with van der Waals surface area (Å²) in [5.41, 5.74) is 1.62. The third-order valence-electron chi connectivity index (χ3n) is 4.22. The highest BCUT2D eigenvalue weighted by molar-refractivity contribution is 5.94. The van der Waals surface area contributed by atoms with E-state index in [-0.39, 0.29) is 11.8 Å². The average Bonchev–Trinajstić information content (AvgIpc) is 2.55. The number of hydrogen-bond donors (Lipinski definition) is 2. The van der Waals surface area contributed by atoms with Gasteiger partial charge in [0.25, 0.3) is 5.91 Å². The molecule has 0 saturated heterocycles. The molecule has 1 saturated carbocycles. The van der Waals surface area contributed by atoms with Crippen molar-refractivity contribution in [2.24, 2.45) is 5.92 Å². The fourth-order valence-electron chi connectivity index (χ4n) is 2.71. The number of amides is 2. The molecule has 1 aromatic carbocycles. The second-order valence-corrected chi connectivity index (χ2v) is 6.05. The lowest BCUT2D eigenvalue weighted by molar-refractivity contribution is -0.116. The van der Waals surface area contributed by atoms with Gasteiger partial charge in [-0.1, -0.05) is 25.6 Å². The molecule has 22 heavy (non-hydrogen) atoms. The van der Waals surface area contributed by atoms with Crippen LogP contribution in [0.2, 0.25) is 0 Å². The maximum absolute atomic E-state index is 12.2. The number of hydrogen-bond acceptors (Lipinski definition) is 2. The van der Waals surface area contributed by atoms with Gasteiger partial charge in [-0.05, 0) is 55.4 Å². The van der Waals surface area contributed by atoms with Crippen LogP contribution in [0.5, 0.6) is 0 Å². The van der Waals surface area contributed by atoms with Crippen molar-refractivity contribution in [3.8, 4) is 0 Å². The third-order valence-corrected chi connectivity index (χ3v) is 4.22. The van der Waals surface area contributed by atoms with Crippen LogP contribution in [0.1, 0.15) is 48.5 Å². The Hall–Kier alpha value is -2.10. The number of carbonyl (C=O) groups is 2. The average molecular weight is 300 g/mol. The first kappa shape index (κ1) is 16.3. The minimum atomic E-state index is -0.201. The Kier molecular flexibility index (Phi) is 5.75. The zero-order chi connectivity index (χ0) is 15.9. The van der Waals surface area contributed by atoms with Gasteiger partial charge in [-0.3, -0.25) is 9.59 Å². The lowest BCUT2D eigenvalue weighted by atomic mass is 9.87. The van der Waals surface area contributed by atoms with Gasteiger partial charge in [-0.2, -0.15) is 0 Å². The second-order valence-electron chi connectivity index (χ2n) is 6.05. The number of rotatable bonds is 5. The first-order chi connectivity index (χ1) is 10.6. The van der Waals surface area contributed by atoms with Gasteiger partial charge in [0.1, 0.15) is 0 Å². The number of carbonyl (C=O) groups excluding carboxylic acids is 2. The summed E-state index contributed by atoms with van der Waals surface area (Å²) in [5, 5.41) is 5.82. The Morgan fingerprint density at radius 3 is 2.41 bits per heavy atom. The first-order valence-electron chi connectivity index (χ1n) is 7.88. The smallest absolute Gasteiger partial charge is 0.251 e. The predicted molar refractivity (Wildman–Crippen MR) is 87.4 cm³/mol. The van der Waals surface area contributed by atoms with Gasteiger partial charge in [0.15, 0.2) is 0 Å². The molecule has 0 aliphatic heterocycles. The van der Waals surface area contributed by atoms with Crippen LogP contribution in [0.15, 0.2) is 36.9 Å². The topological polar surface area (TPSA) is 58.2 Å². The Morgan fingerprint density at radius 2 is 1.82 bits per heavy atom. The van der Waals surface area contributed by atoms with E-state index in [1.165, 1.54) is 18.9 Å². The molecule has 0 unspecified atom stereocenters. The lowest BCUT2D eigenvalue weighted by Crippen LogP contribution is -2.37. The molecule has 1 aliphatic carbocycles. The third kappa shape index (κ3) is 4.72. The molecule has 0 radical (unpaired) electrons. The molecule has 0 spiro atoms. The fourth-order valence-corrected chi connectivity index (χ4v) is 2.71. The van der Waals surface area contributed by atoms with E-state index >= 15 is 0 Å². The van der Waals surface area contributed by atoms with Crippen LogP contribution in [-0.2, 0) is 11.3 Å². The normalized spacial score (nSPS) is 21.0. The van der Waals surface area contributed by atoms with E-state index in [9.17, 15) is 9.59 Å². The summed E-state index contributed by atoms with van der Waals surface area (Å²) in [6, 6.07) is 7.63. The van der Waals surface area contributed by atoms with Gasteiger partial charge in [0.2, 0.25) is 5.91 Å². The molecule has 118 valence electrons. The van der Waals surface area contributed by atoms with Crippen molar-refractivity contribution in [1.82, 2.24) is 10.6 Å². The summed E-state index contributed by atoms with van der Waals surface area (Å²) in [7, 11) is 0. The lowest BCUT2D eigenvalue weighted by Gasteiger charge is -2.26. The van der Waals surface area contributed by atoms with Crippen LogP contribution in [0.25, 0.3) is 0 Å². The van der Waals surface area contributed by atoms with Crippen molar-refractivity contribution in [3.05, 3.63) is 48.0 Å². The molecule has 2 amide bonds.